The smallest absolute Gasteiger partial charge is 0.0419 e. The van der Waals surface area contributed by atoms with Crippen molar-refractivity contribution >= 4 is 0 Å². The van der Waals surface area contributed by atoms with E-state index in [0.29, 0.717) is 0 Å². The van der Waals surface area contributed by atoms with Crippen LogP contribution in [0, 0.1) is 0 Å². The van der Waals surface area contributed by atoms with Crippen molar-refractivity contribution in [3.05, 3.63) is 42.2 Å². The van der Waals surface area contributed by atoms with Crippen molar-refractivity contribution < 1.29 is 0 Å². The number of hydrogen-bond acceptors (Lipinski definition) is 3. The molecule has 1 atom stereocenters. The normalized spacial score (nSPS) is 12.4. The largest absolute Gasteiger partial charge is 0.271 e. The van der Waals surface area contributed by atoms with E-state index in [2.05, 4.69) is 17.0 Å². The van der Waals surface area contributed by atoms with E-state index >= 15 is 0 Å². The van der Waals surface area contributed by atoms with Crippen LogP contribution in [0.2, 0.25) is 0 Å². The second-order valence-corrected chi connectivity index (χ2v) is 3.88. The molecule has 3 heteroatoms. The Bertz CT molecular complexity index is 295. The van der Waals surface area contributed by atoms with Gasteiger partial charge in [-0.1, -0.05) is 11.6 Å². The van der Waals surface area contributed by atoms with Crippen LogP contribution in [0.5, 0.6) is 0 Å². The molecule has 1 rings (SSSR count). The van der Waals surface area contributed by atoms with Gasteiger partial charge in [0.25, 0.3) is 0 Å². The van der Waals surface area contributed by atoms with E-state index in [0.717, 1.165) is 25.0 Å². The van der Waals surface area contributed by atoms with Crippen LogP contribution in [0.25, 0.3) is 0 Å². The molecule has 0 spiro atoms. The summed E-state index contributed by atoms with van der Waals surface area (Å²) < 4.78 is 0. The minimum atomic E-state index is 0.275. The van der Waals surface area contributed by atoms with Crippen LogP contribution in [0.15, 0.2) is 36.5 Å². The molecule has 0 aliphatic heterocycles. The van der Waals surface area contributed by atoms with Crippen LogP contribution < -0.4 is 11.3 Å². The fourth-order valence-electron chi connectivity index (χ4n) is 1.44. The Morgan fingerprint density at radius 2 is 2.40 bits per heavy atom. The van der Waals surface area contributed by atoms with Crippen LogP contribution in [0.4, 0.5) is 0 Å². The Morgan fingerprint density at radius 3 is 2.93 bits per heavy atom. The Morgan fingerprint density at radius 1 is 1.60 bits per heavy atom. The highest BCUT2D eigenvalue weighted by Gasteiger charge is 2.07. The molecule has 3 N–H and O–H groups in total. The monoisotopic (exact) mass is 205 g/mol. The van der Waals surface area contributed by atoms with Crippen molar-refractivity contribution in [2.24, 2.45) is 5.84 Å². The van der Waals surface area contributed by atoms with Crippen LogP contribution in [0.1, 0.15) is 25.5 Å². The number of nitrogens with zero attached hydrogens (tertiary/aromatic N) is 1. The summed E-state index contributed by atoms with van der Waals surface area (Å²) in [4.78, 5) is 4.28. The minimum absolute atomic E-state index is 0.275. The lowest BCUT2D eigenvalue weighted by Gasteiger charge is -2.15. The van der Waals surface area contributed by atoms with Gasteiger partial charge in [0.1, 0.15) is 0 Å². The summed E-state index contributed by atoms with van der Waals surface area (Å²) in [6, 6.07) is 6.21. The molecule has 0 fully saturated rings. The predicted octanol–water partition coefficient (Wildman–Crippen LogP) is 1.81. The van der Waals surface area contributed by atoms with Crippen molar-refractivity contribution in [3.63, 3.8) is 0 Å². The molecule has 0 saturated carbocycles. The summed E-state index contributed by atoms with van der Waals surface area (Å²) in [5.41, 5.74) is 5.09. The molecular weight excluding hydrogens is 186 g/mol. The molecule has 0 aliphatic rings. The van der Waals surface area contributed by atoms with Gasteiger partial charge in [0.15, 0.2) is 0 Å². The van der Waals surface area contributed by atoms with Gasteiger partial charge >= 0.3 is 0 Å². The van der Waals surface area contributed by atoms with Gasteiger partial charge in [0, 0.05) is 24.4 Å². The number of hydrogen-bond donors (Lipinski definition) is 2. The second-order valence-electron chi connectivity index (χ2n) is 3.88. The molecule has 1 heterocycles. The van der Waals surface area contributed by atoms with Gasteiger partial charge in [-0.2, -0.15) is 0 Å². The molecule has 3 nitrogen and oxygen atoms in total. The molecule has 0 bridgehead atoms. The number of nitrogens with two attached hydrogens (primary N) is 1. The van der Waals surface area contributed by atoms with Gasteiger partial charge in [-0.25, -0.2) is 0 Å². The van der Waals surface area contributed by atoms with Crippen molar-refractivity contribution in [2.45, 2.75) is 32.2 Å². The van der Waals surface area contributed by atoms with Gasteiger partial charge in [-0.3, -0.25) is 16.3 Å². The van der Waals surface area contributed by atoms with Crippen molar-refractivity contribution in [1.29, 1.82) is 0 Å². The van der Waals surface area contributed by atoms with E-state index in [1.165, 1.54) is 5.57 Å². The van der Waals surface area contributed by atoms with Crippen LogP contribution in [0.3, 0.4) is 0 Å². The molecule has 0 saturated heterocycles. The fraction of sp³-hybridized carbons (Fsp3) is 0.417. The topological polar surface area (TPSA) is 50.9 Å². The number of hydrazine groups is 1. The molecule has 1 aromatic heterocycles. The lowest BCUT2D eigenvalue weighted by atomic mass is 10.0. The van der Waals surface area contributed by atoms with Crippen LogP contribution in [-0.2, 0) is 6.42 Å². The van der Waals surface area contributed by atoms with E-state index < -0.39 is 0 Å². The average Bonchev–Trinajstić information content (AvgIpc) is 2.25. The zero-order valence-corrected chi connectivity index (χ0v) is 9.24. The van der Waals surface area contributed by atoms with Crippen molar-refractivity contribution in [2.75, 3.05) is 0 Å². The molecule has 1 unspecified atom stereocenters. The first-order valence-corrected chi connectivity index (χ1v) is 5.22. The lowest BCUT2D eigenvalue weighted by Crippen LogP contribution is -2.36. The summed E-state index contributed by atoms with van der Waals surface area (Å²) in [5, 5.41) is 0. The molecule has 15 heavy (non-hydrogen) atoms. The van der Waals surface area contributed by atoms with Gasteiger partial charge in [0.05, 0.1) is 0 Å². The molecule has 1 aromatic rings. The van der Waals surface area contributed by atoms with Crippen LogP contribution in [-0.4, -0.2) is 11.0 Å². The van der Waals surface area contributed by atoms with E-state index in [-0.39, 0.29) is 6.04 Å². The van der Waals surface area contributed by atoms with Gasteiger partial charge < -0.3 is 0 Å². The fourth-order valence-corrected chi connectivity index (χ4v) is 1.44. The minimum Gasteiger partial charge on any atom is -0.271 e. The number of nitrogens with one attached hydrogen (secondary N) is 1. The second kappa shape index (κ2) is 6.32. The van der Waals surface area contributed by atoms with Crippen LogP contribution >= 0.6 is 0 Å². The first-order chi connectivity index (χ1) is 7.22. The van der Waals surface area contributed by atoms with E-state index in [9.17, 15) is 0 Å². The SMILES string of the molecule is C=C(C)CCC(Cc1ccccn1)NN. The van der Waals surface area contributed by atoms with Crippen molar-refractivity contribution in [3.8, 4) is 0 Å². The average molecular weight is 205 g/mol. The molecule has 0 aromatic carbocycles. The Balaban J connectivity index is 2.43. The first kappa shape index (κ1) is 11.9. The molecular formula is C12H19N3. The molecule has 0 amide bonds. The summed E-state index contributed by atoms with van der Waals surface area (Å²) in [5.74, 6) is 5.50. The maximum atomic E-state index is 5.50. The van der Waals surface area contributed by atoms with Crippen molar-refractivity contribution in [1.82, 2.24) is 10.4 Å². The highest BCUT2D eigenvalue weighted by atomic mass is 15.2. The third-order valence-electron chi connectivity index (χ3n) is 2.34. The predicted molar refractivity (Wildman–Crippen MR) is 63.1 cm³/mol. The number of aromatic nitrogens is 1. The number of rotatable bonds is 6. The Hall–Kier alpha value is -1.19. The molecule has 0 radical (unpaired) electrons. The zero-order valence-electron chi connectivity index (χ0n) is 9.24. The van der Waals surface area contributed by atoms with E-state index in [1.807, 2.05) is 31.3 Å². The van der Waals surface area contributed by atoms with E-state index in [1.54, 1.807) is 0 Å². The summed E-state index contributed by atoms with van der Waals surface area (Å²) >= 11 is 0. The number of allylic oxidation sites excluding steroid dienone is 1. The number of pyridine rings is 1. The first-order valence-electron chi connectivity index (χ1n) is 5.22. The highest BCUT2D eigenvalue weighted by Crippen LogP contribution is 2.08. The van der Waals surface area contributed by atoms with Gasteiger partial charge in [0.2, 0.25) is 0 Å². The maximum absolute atomic E-state index is 5.50. The standard InChI is InChI=1S/C12H19N3/c1-10(2)6-7-12(15-13)9-11-5-3-4-8-14-11/h3-5,8,12,15H,1,6-7,9,13H2,2H3. The van der Waals surface area contributed by atoms with Gasteiger partial charge in [-0.15, -0.1) is 6.58 Å². The molecule has 82 valence electrons. The summed E-state index contributed by atoms with van der Waals surface area (Å²) in [7, 11) is 0. The Labute approximate surface area is 91.4 Å². The third kappa shape index (κ3) is 4.72. The summed E-state index contributed by atoms with van der Waals surface area (Å²) in [6.07, 6.45) is 4.68. The lowest BCUT2D eigenvalue weighted by molar-refractivity contribution is 0.486. The third-order valence-corrected chi connectivity index (χ3v) is 2.34. The maximum Gasteiger partial charge on any atom is 0.0419 e. The molecule has 0 aliphatic carbocycles. The van der Waals surface area contributed by atoms with Gasteiger partial charge in [-0.05, 0) is 31.9 Å². The highest BCUT2D eigenvalue weighted by molar-refractivity contribution is 5.05. The Kier molecular flexibility index (Phi) is 5.01. The quantitative estimate of drug-likeness (QED) is 0.423. The zero-order chi connectivity index (χ0) is 11.1. The van der Waals surface area contributed by atoms with E-state index in [4.69, 9.17) is 5.84 Å². The summed E-state index contributed by atoms with van der Waals surface area (Å²) in [6.45, 7) is 5.92.